The van der Waals surface area contributed by atoms with Crippen LogP contribution in [0, 0.1) is 0 Å². The SMILES string of the molecule is [2H]c1c([2H])c([2H])c(-c2cccc(-c3c([2H])c([2H])c([2H])c([2H])c3[2H])c2N2CN(c3cccc(Oc4ccc5c6cc(-c7ccc8c(c7)c7ccccc7n8-c7ccccc7)ccc6n(-c6ccccn6)c5c4)c3)c3ccccc32)c([2H])c1[2H]. The standard InChI is InChI=1S/C66H45N5O/c1-4-18-45(19-5-1)53-27-17-28-54(46-20-6-2-7-21-46)66(53)69-44-68(62-30-12-13-31-63(62)69)50-24-16-25-51(42-50)72-52-35-36-56-58-41-48(34-38-61(58)71(64(56)43-52)65-32-14-15-39-67-65)47-33-37-60-57(40-47)55-26-10-11-29-59(55)70(60)49-22-8-3-9-23-49/h1-43H,44H2/i1D,2D,4D,5D,6D,7D,18D,19D,20D,21D. The predicted molar refractivity (Wildman–Crippen MR) is 298 cm³/mol. The molecule has 0 unspecified atom stereocenters. The third-order valence-electron chi connectivity index (χ3n) is 13.6. The third-order valence-corrected chi connectivity index (χ3v) is 13.6. The van der Waals surface area contributed by atoms with Crippen molar-refractivity contribution in [2.24, 2.45) is 0 Å². The number of fused-ring (bicyclic) bond motifs is 7. The lowest BCUT2D eigenvalue weighted by atomic mass is 9.95. The monoisotopic (exact) mass is 933 g/mol. The molecule has 6 nitrogen and oxygen atoms in total. The molecule has 4 heterocycles. The minimum Gasteiger partial charge on any atom is -0.457 e. The normalized spacial score (nSPS) is 14.3. The molecule has 13 aromatic rings. The molecule has 0 amide bonds. The molecule has 14 rings (SSSR count). The Labute approximate surface area is 431 Å². The molecule has 0 fully saturated rings. The van der Waals surface area contributed by atoms with Gasteiger partial charge < -0.3 is 19.1 Å². The third kappa shape index (κ3) is 6.91. The summed E-state index contributed by atoms with van der Waals surface area (Å²) in [5.74, 6) is 1.88. The van der Waals surface area contributed by atoms with Crippen molar-refractivity contribution < 1.29 is 18.4 Å². The maximum Gasteiger partial charge on any atom is 0.137 e. The summed E-state index contributed by atoms with van der Waals surface area (Å²) < 4.78 is 98.9. The highest BCUT2D eigenvalue weighted by Gasteiger charge is 2.31. The van der Waals surface area contributed by atoms with Gasteiger partial charge in [0.2, 0.25) is 0 Å². The van der Waals surface area contributed by atoms with Crippen LogP contribution in [0.1, 0.15) is 13.7 Å². The van der Waals surface area contributed by atoms with E-state index in [1.54, 1.807) is 24.4 Å². The van der Waals surface area contributed by atoms with E-state index in [0.29, 0.717) is 22.9 Å². The zero-order chi connectivity index (χ0) is 56.2. The van der Waals surface area contributed by atoms with Crippen LogP contribution >= 0.6 is 0 Å². The first-order chi connectivity index (χ1) is 39.9. The van der Waals surface area contributed by atoms with Crippen molar-refractivity contribution in [2.45, 2.75) is 0 Å². The number of rotatable bonds is 9. The average molecular weight is 934 g/mol. The van der Waals surface area contributed by atoms with E-state index in [1.165, 1.54) is 10.8 Å². The van der Waals surface area contributed by atoms with Crippen LogP contribution in [0.2, 0.25) is 0 Å². The van der Waals surface area contributed by atoms with Crippen LogP contribution < -0.4 is 14.5 Å². The van der Waals surface area contributed by atoms with Crippen molar-refractivity contribution in [3.05, 3.63) is 261 Å². The zero-order valence-corrected chi connectivity index (χ0v) is 38.4. The lowest BCUT2D eigenvalue weighted by molar-refractivity contribution is 0.483. The summed E-state index contributed by atoms with van der Waals surface area (Å²) in [6.45, 7) is 0.104. The highest BCUT2D eigenvalue weighted by Crippen LogP contribution is 2.50. The Kier molecular flexibility index (Phi) is 7.65. The first-order valence-corrected chi connectivity index (χ1v) is 23.6. The molecule has 340 valence electrons. The van der Waals surface area contributed by atoms with E-state index >= 15 is 0 Å². The summed E-state index contributed by atoms with van der Waals surface area (Å²) in [6.07, 6.45) is 1.79. The molecule has 0 spiro atoms. The molecule has 0 bridgehead atoms. The van der Waals surface area contributed by atoms with E-state index in [4.69, 9.17) is 23.4 Å². The van der Waals surface area contributed by atoms with E-state index in [0.717, 1.165) is 66.8 Å². The van der Waals surface area contributed by atoms with Gasteiger partial charge in [-0.2, -0.15) is 0 Å². The van der Waals surface area contributed by atoms with Crippen molar-refractivity contribution >= 4 is 66.4 Å². The Hall–Kier alpha value is -9.65. The summed E-state index contributed by atoms with van der Waals surface area (Å²) in [5.41, 5.74) is 10.1. The summed E-state index contributed by atoms with van der Waals surface area (Å²) in [7, 11) is 0. The predicted octanol–water partition coefficient (Wildman–Crippen LogP) is 17.3. The molecule has 6 heteroatoms. The minimum atomic E-state index is -0.555. The average Bonchev–Trinajstić information content (AvgIpc) is 2.53. The van der Waals surface area contributed by atoms with Gasteiger partial charge in [-0.25, -0.2) is 4.98 Å². The van der Waals surface area contributed by atoms with E-state index in [9.17, 15) is 0 Å². The van der Waals surface area contributed by atoms with Gasteiger partial charge in [0.25, 0.3) is 0 Å². The second kappa shape index (κ2) is 17.1. The van der Waals surface area contributed by atoms with Crippen molar-refractivity contribution in [3.63, 3.8) is 0 Å². The number of hydrogen-bond donors (Lipinski definition) is 0. The highest BCUT2D eigenvalue weighted by molar-refractivity contribution is 6.13. The Morgan fingerprint density at radius 3 is 1.68 bits per heavy atom. The number of benzene rings is 10. The molecule has 1 aliphatic heterocycles. The number of pyridine rings is 1. The molecular weight excluding hydrogens is 879 g/mol. The number of hydrogen-bond acceptors (Lipinski definition) is 4. The largest absolute Gasteiger partial charge is 0.457 e. The van der Waals surface area contributed by atoms with Gasteiger partial charge in [0.05, 0.1) is 52.8 Å². The second-order valence-electron chi connectivity index (χ2n) is 17.6. The van der Waals surface area contributed by atoms with Gasteiger partial charge in [-0.1, -0.05) is 151 Å². The van der Waals surface area contributed by atoms with E-state index in [1.807, 2.05) is 94.7 Å². The number of aromatic nitrogens is 3. The van der Waals surface area contributed by atoms with Crippen molar-refractivity contribution in [3.8, 4) is 56.4 Å². The maximum atomic E-state index is 9.09. The van der Waals surface area contributed by atoms with Gasteiger partial charge in [-0.05, 0) is 113 Å². The summed E-state index contributed by atoms with van der Waals surface area (Å²) >= 11 is 0. The number of para-hydroxylation sites is 5. The molecule has 0 saturated heterocycles. The Bertz CT molecular complexity index is 4650. The molecule has 1 aliphatic rings. The fourth-order valence-electron chi connectivity index (χ4n) is 10.5. The van der Waals surface area contributed by atoms with Crippen molar-refractivity contribution in [1.82, 2.24) is 14.1 Å². The van der Waals surface area contributed by atoms with Crippen molar-refractivity contribution in [1.29, 1.82) is 0 Å². The minimum absolute atomic E-state index is 0.0949. The first kappa shape index (κ1) is 32.2. The van der Waals surface area contributed by atoms with Crippen molar-refractivity contribution in [2.75, 3.05) is 16.5 Å². The smallest absolute Gasteiger partial charge is 0.137 e. The fourth-order valence-corrected chi connectivity index (χ4v) is 10.5. The Balaban J connectivity index is 0.852. The topological polar surface area (TPSA) is 38.5 Å². The van der Waals surface area contributed by atoms with Crippen LogP contribution in [-0.2, 0) is 0 Å². The summed E-state index contributed by atoms with van der Waals surface area (Å²) in [6, 6.07) is 59.4. The lowest BCUT2D eigenvalue weighted by Crippen LogP contribution is -2.24. The number of ether oxygens (including phenoxy) is 1. The Morgan fingerprint density at radius 2 is 0.972 bits per heavy atom. The number of anilines is 4. The van der Waals surface area contributed by atoms with Gasteiger partial charge in [0, 0.05) is 62.4 Å². The maximum absolute atomic E-state index is 9.09. The summed E-state index contributed by atoms with van der Waals surface area (Å²) in [4.78, 5) is 8.76. The van der Waals surface area contributed by atoms with Gasteiger partial charge in [0.15, 0.2) is 0 Å². The van der Waals surface area contributed by atoms with Gasteiger partial charge in [-0.3, -0.25) is 4.57 Å². The molecule has 0 saturated carbocycles. The van der Waals surface area contributed by atoms with Crippen LogP contribution in [0.25, 0.3) is 88.5 Å². The molecular formula is C66H45N5O. The lowest BCUT2D eigenvalue weighted by Gasteiger charge is -2.27. The van der Waals surface area contributed by atoms with Gasteiger partial charge in [-0.15, -0.1) is 0 Å². The van der Waals surface area contributed by atoms with Crippen LogP contribution in [-0.4, -0.2) is 20.8 Å². The molecule has 0 aliphatic carbocycles. The van der Waals surface area contributed by atoms with E-state index in [-0.39, 0.29) is 28.9 Å². The number of nitrogens with zero attached hydrogens (tertiary/aromatic N) is 5. The van der Waals surface area contributed by atoms with Crippen LogP contribution in [0.5, 0.6) is 11.5 Å². The quantitative estimate of drug-likeness (QED) is 0.145. The van der Waals surface area contributed by atoms with Crippen LogP contribution in [0.4, 0.5) is 22.7 Å². The molecule has 3 aromatic heterocycles. The first-order valence-electron chi connectivity index (χ1n) is 28.6. The molecule has 10 aromatic carbocycles. The van der Waals surface area contributed by atoms with Gasteiger partial charge in [0.1, 0.15) is 24.0 Å². The van der Waals surface area contributed by atoms with Gasteiger partial charge >= 0.3 is 0 Å². The van der Waals surface area contributed by atoms with Crippen LogP contribution in [0.15, 0.2) is 261 Å². The molecule has 72 heavy (non-hydrogen) atoms. The fraction of sp³-hybridized carbons (Fsp3) is 0.0152. The Morgan fingerprint density at radius 1 is 0.389 bits per heavy atom. The highest BCUT2D eigenvalue weighted by atomic mass is 16.5. The van der Waals surface area contributed by atoms with E-state index < -0.39 is 60.4 Å². The van der Waals surface area contributed by atoms with Crippen LogP contribution in [0.3, 0.4) is 0 Å². The molecule has 0 N–H and O–H groups in total. The molecule has 0 atom stereocenters. The van der Waals surface area contributed by atoms with E-state index in [2.05, 4.69) is 100 Å². The molecule has 0 radical (unpaired) electrons. The summed E-state index contributed by atoms with van der Waals surface area (Å²) in [5, 5.41) is 4.43. The zero-order valence-electron chi connectivity index (χ0n) is 48.4. The second-order valence-corrected chi connectivity index (χ2v) is 17.6.